The molecule has 0 atom stereocenters. The Morgan fingerprint density at radius 3 is 2.58 bits per heavy atom. The number of hydrogen-bond donors (Lipinski definition) is 0. The molecule has 1 aromatic carbocycles. The van der Waals surface area contributed by atoms with Crippen molar-refractivity contribution in [2.75, 3.05) is 20.3 Å². The van der Waals surface area contributed by atoms with Crippen LogP contribution in [0.15, 0.2) is 61.9 Å². The fourth-order valence-electron chi connectivity index (χ4n) is 3.53. The fourth-order valence-corrected chi connectivity index (χ4v) is 6.69. The minimum atomic E-state index is -3.91. The average Bonchev–Trinajstić information content (AvgIpc) is 3.50. The van der Waals surface area contributed by atoms with Crippen molar-refractivity contribution in [1.29, 1.82) is 0 Å². The van der Waals surface area contributed by atoms with Gasteiger partial charge in [-0.2, -0.15) is 8.42 Å². The molecule has 1 aromatic heterocycles. The van der Waals surface area contributed by atoms with E-state index in [0.717, 1.165) is 41.5 Å². The number of benzene rings is 1. The second-order valence-corrected chi connectivity index (χ2v) is 11.9. The Morgan fingerprint density at radius 1 is 1.11 bits per heavy atom. The summed E-state index contributed by atoms with van der Waals surface area (Å²) in [5.74, 6) is 0.890. The third-order valence-electron chi connectivity index (χ3n) is 5.39. The third kappa shape index (κ3) is 7.47. The van der Waals surface area contributed by atoms with Crippen molar-refractivity contribution in [2.24, 2.45) is 4.40 Å². The Bertz CT molecular complexity index is 1200. The number of amidine groups is 1. The molecule has 0 unspecified atom stereocenters. The van der Waals surface area contributed by atoms with Crippen LogP contribution in [-0.4, -0.2) is 44.7 Å². The summed E-state index contributed by atoms with van der Waals surface area (Å²) in [6.07, 6.45) is 10.3. The van der Waals surface area contributed by atoms with Crippen molar-refractivity contribution in [3.63, 3.8) is 0 Å². The van der Waals surface area contributed by atoms with Crippen LogP contribution in [0.4, 0.5) is 0 Å². The summed E-state index contributed by atoms with van der Waals surface area (Å²) in [6.45, 7) is 6.65. The molecule has 2 aromatic rings. The molecule has 1 aliphatic heterocycles. The lowest BCUT2D eigenvalue weighted by Crippen LogP contribution is -2.29. The first-order chi connectivity index (χ1) is 17.4. The van der Waals surface area contributed by atoms with Crippen LogP contribution < -0.4 is 9.47 Å². The van der Waals surface area contributed by atoms with Crippen LogP contribution >= 0.6 is 23.1 Å². The number of unbranched alkanes of at least 4 members (excludes halogenated alkanes) is 5. The lowest BCUT2D eigenvalue weighted by Gasteiger charge is -2.12. The van der Waals surface area contributed by atoms with E-state index in [-0.39, 0.29) is 21.8 Å². The zero-order valence-electron chi connectivity index (χ0n) is 20.6. The molecule has 1 amide bonds. The van der Waals surface area contributed by atoms with Gasteiger partial charge in [0.1, 0.15) is 4.21 Å². The maximum Gasteiger partial charge on any atom is 0.294 e. The van der Waals surface area contributed by atoms with Gasteiger partial charge in [-0.3, -0.25) is 9.69 Å². The van der Waals surface area contributed by atoms with Gasteiger partial charge in [-0.05, 0) is 53.4 Å². The SMILES string of the molecule is C=CCN1C(=O)/C(=C/c2ccc(OCCCCCCCC)c(OC)c2)SC1=NS(=O)(=O)c1cccs1. The molecule has 3 rings (SSSR count). The van der Waals surface area contributed by atoms with Crippen LogP contribution in [0.2, 0.25) is 0 Å². The van der Waals surface area contributed by atoms with Gasteiger partial charge in [0.25, 0.3) is 15.9 Å². The van der Waals surface area contributed by atoms with Gasteiger partial charge < -0.3 is 9.47 Å². The van der Waals surface area contributed by atoms with Gasteiger partial charge >= 0.3 is 0 Å². The zero-order valence-corrected chi connectivity index (χ0v) is 23.1. The number of sulfonamides is 1. The minimum absolute atomic E-state index is 0.102. The number of hydrogen-bond acceptors (Lipinski definition) is 7. The number of carbonyl (C=O) groups is 1. The number of rotatable bonds is 14. The highest BCUT2D eigenvalue weighted by Crippen LogP contribution is 2.36. The predicted molar refractivity (Wildman–Crippen MR) is 148 cm³/mol. The van der Waals surface area contributed by atoms with E-state index in [1.165, 1.54) is 42.7 Å². The molecule has 1 aliphatic rings. The number of carbonyl (C=O) groups excluding carboxylic acids is 1. The normalized spacial score (nSPS) is 16.2. The average molecular weight is 549 g/mol. The molecular formula is C26H32N2O5S3. The molecule has 10 heteroatoms. The molecular weight excluding hydrogens is 516 g/mol. The fraction of sp³-hybridized carbons (Fsp3) is 0.385. The Labute approximate surface area is 222 Å². The summed E-state index contributed by atoms with van der Waals surface area (Å²) in [5, 5.41) is 1.77. The highest BCUT2D eigenvalue weighted by molar-refractivity contribution is 8.19. The number of methoxy groups -OCH3 is 1. The number of nitrogens with zero attached hydrogens (tertiary/aromatic N) is 2. The molecule has 0 spiro atoms. The molecule has 1 fully saturated rings. The second-order valence-electron chi connectivity index (χ2n) is 8.12. The lowest BCUT2D eigenvalue weighted by atomic mass is 10.1. The van der Waals surface area contributed by atoms with E-state index < -0.39 is 10.0 Å². The van der Waals surface area contributed by atoms with Crippen LogP contribution in [-0.2, 0) is 14.8 Å². The zero-order chi connectivity index (χ0) is 26.0. The first-order valence-electron chi connectivity index (χ1n) is 11.9. The first kappa shape index (κ1) is 28.0. The molecule has 0 aliphatic carbocycles. The minimum Gasteiger partial charge on any atom is -0.493 e. The molecule has 1 saturated heterocycles. The lowest BCUT2D eigenvalue weighted by molar-refractivity contribution is -0.121. The standard InChI is InChI=1S/C26H32N2O5S3/c1-4-6-7-8-9-10-16-33-21-14-13-20(18-22(21)32-3)19-23-25(29)28(15-5-2)26(35-23)27-36(30,31)24-12-11-17-34-24/h5,11-14,17-19H,2,4,6-10,15-16H2,1,3H3/b23-19-,27-26?. The monoisotopic (exact) mass is 548 g/mol. The Balaban J connectivity index is 1.74. The van der Waals surface area contributed by atoms with E-state index in [4.69, 9.17) is 9.47 Å². The van der Waals surface area contributed by atoms with Crippen molar-refractivity contribution in [2.45, 2.75) is 49.7 Å². The molecule has 36 heavy (non-hydrogen) atoms. The van der Waals surface area contributed by atoms with Crippen LogP contribution in [0.5, 0.6) is 11.5 Å². The highest BCUT2D eigenvalue weighted by Gasteiger charge is 2.34. The summed E-state index contributed by atoms with van der Waals surface area (Å²) < 4.78 is 40.8. The molecule has 0 bridgehead atoms. The maximum atomic E-state index is 13.0. The van der Waals surface area contributed by atoms with E-state index in [1.807, 2.05) is 12.1 Å². The summed E-state index contributed by atoms with van der Waals surface area (Å²) in [4.78, 5) is 14.7. The molecule has 0 N–H and O–H groups in total. The van der Waals surface area contributed by atoms with E-state index in [2.05, 4.69) is 17.9 Å². The van der Waals surface area contributed by atoms with E-state index in [1.54, 1.807) is 30.7 Å². The van der Waals surface area contributed by atoms with Gasteiger partial charge in [-0.25, -0.2) is 0 Å². The van der Waals surface area contributed by atoms with Gasteiger partial charge in [0.2, 0.25) is 0 Å². The molecule has 2 heterocycles. The topological polar surface area (TPSA) is 85.3 Å². The second kappa shape index (κ2) is 13.7. The quantitative estimate of drug-likeness (QED) is 0.156. The van der Waals surface area contributed by atoms with Gasteiger partial charge in [0.15, 0.2) is 16.7 Å². The molecule has 0 radical (unpaired) electrons. The summed E-state index contributed by atoms with van der Waals surface area (Å²) in [6, 6.07) is 8.60. The Morgan fingerprint density at radius 2 is 1.89 bits per heavy atom. The van der Waals surface area contributed by atoms with Gasteiger partial charge in [-0.15, -0.1) is 22.3 Å². The number of amides is 1. The smallest absolute Gasteiger partial charge is 0.294 e. The van der Waals surface area contributed by atoms with E-state index in [9.17, 15) is 13.2 Å². The highest BCUT2D eigenvalue weighted by atomic mass is 32.2. The largest absolute Gasteiger partial charge is 0.493 e. The van der Waals surface area contributed by atoms with Crippen LogP contribution in [0, 0.1) is 0 Å². The molecule has 0 saturated carbocycles. The van der Waals surface area contributed by atoms with Crippen molar-refractivity contribution < 1.29 is 22.7 Å². The number of ether oxygens (including phenoxy) is 2. The third-order valence-corrected chi connectivity index (χ3v) is 9.15. The van der Waals surface area contributed by atoms with Crippen molar-refractivity contribution in [3.05, 3.63) is 58.8 Å². The van der Waals surface area contributed by atoms with Crippen LogP contribution in [0.1, 0.15) is 51.0 Å². The van der Waals surface area contributed by atoms with Crippen molar-refractivity contribution in [3.8, 4) is 11.5 Å². The molecule has 7 nitrogen and oxygen atoms in total. The summed E-state index contributed by atoms with van der Waals surface area (Å²) in [5.41, 5.74) is 0.732. The summed E-state index contributed by atoms with van der Waals surface area (Å²) >= 11 is 2.10. The van der Waals surface area contributed by atoms with Crippen molar-refractivity contribution in [1.82, 2.24) is 4.90 Å². The number of thiophene rings is 1. The van der Waals surface area contributed by atoms with Gasteiger partial charge in [-0.1, -0.05) is 57.2 Å². The predicted octanol–water partition coefficient (Wildman–Crippen LogP) is 6.34. The van der Waals surface area contributed by atoms with Crippen molar-refractivity contribution >= 4 is 50.3 Å². The first-order valence-corrected chi connectivity index (χ1v) is 15.0. The Hall–Kier alpha value is -2.56. The molecule has 194 valence electrons. The van der Waals surface area contributed by atoms with E-state index in [0.29, 0.717) is 23.0 Å². The van der Waals surface area contributed by atoms with Crippen LogP contribution in [0.25, 0.3) is 6.08 Å². The number of thioether (sulfide) groups is 1. The van der Waals surface area contributed by atoms with Crippen LogP contribution in [0.3, 0.4) is 0 Å². The van der Waals surface area contributed by atoms with Gasteiger partial charge in [0, 0.05) is 6.54 Å². The Kier molecular flexibility index (Phi) is 10.6. The van der Waals surface area contributed by atoms with Gasteiger partial charge in [0.05, 0.1) is 18.6 Å². The maximum absolute atomic E-state index is 13.0. The summed E-state index contributed by atoms with van der Waals surface area (Å²) in [7, 11) is -2.34. The van der Waals surface area contributed by atoms with E-state index >= 15 is 0 Å².